The van der Waals surface area contributed by atoms with Gasteiger partial charge in [-0.1, -0.05) is 17.7 Å². The Hall–Kier alpha value is -0.820. The van der Waals surface area contributed by atoms with Crippen LogP contribution in [0, 0.1) is 20.8 Å². The quantitative estimate of drug-likeness (QED) is 0.739. The molecule has 1 saturated heterocycles. The molecule has 0 bridgehead atoms. The lowest BCUT2D eigenvalue weighted by Gasteiger charge is -2.26. The standard InChI is InChI=1S/C14H21N/c1-10-7-11(2)14(12(3)8-10)13-5-4-6-15-9-13/h7-8,13,15H,4-6,9H2,1-3H3/t13-/m0/s1. The van der Waals surface area contributed by atoms with Gasteiger partial charge in [0.15, 0.2) is 0 Å². The van der Waals surface area contributed by atoms with Crippen LogP contribution in [0.5, 0.6) is 0 Å². The van der Waals surface area contributed by atoms with E-state index in [0.29, 0.717) is 0 Å². The molecule has 2 rings (SSSR count). The molecule has 1 N–H and O–H groups in total. The Morgan fingerprint density at radius 3 is 2.33 bits per heavy atom. The number of nitrogens with one attached hydrogen (secondary N) is 1. The minimum Gasteiger partial charge on any atom is -0.316 e. The third kappa shape index (κ3) is 2.23. The molecule has 0 unspecified atom stereocenters. The minimum atomic E-state index is 0.736. The van der Waals surface area contributed by atoms with E-state index in [1.54, 1.807) is 5.56 Å². The third-order valence-electron chi connectivity index (χ3n) is 3.44. The molecule has 1 nitrogen and oxygen atoms in total. The van der Waals surface area contributed by atoms with Crippen molar-refractivity contribution in [3.8, 4) is 0 Å². The third-order valence-corrected chi connectivity index (χ3v) is 3.44. The minimum absolute atomic E-state index is 0.736. The predicted octanol–water partition coefficient (Wildman–Crippen LogP) is 3.08. The maximum absolute atomic E-state index is 3.50. The summed E-state index contributed by atoms with van der Waals surface area (Å²) < 4.78 is 0. The summed E-state index contributed by atoms with van der Waals surface area (Å²) in [6.45, 7) is 9.04. The van der Waals surface area contributed by atoms with Crippen LogP contribution in [0.3, 0.4) is 0 Å². The summed E-state index contributed by atoms with van der Waals surface area (Å²) in [4.78, 5) is 0. The van der Waals surface area contributed by atoms with E-state index in [2.05, 4.69) is 38.2 Å². The molecule has 1 heterocycles. The van der Waals surface area contributed by atoms with Crippen LogP contribution in [0.4, 0.5) is 0 Å². The predicted molar refractivity (Wildman–Crippen MR) is 65.5 cm³/mol. The van der Waals surface area contributed by atoms with Gasteiger partial charge < -0.3 is 5.32 Å². The zero-order valence-electron chi connectivity index (χ0n) is 10.1. The molecule has 0 radical (unpaired) electrons. The lowest BCUT2D eigenvalue weighted by molar-refractivity contribution is 0.459. The van der Waals surface area contributed by atoms with Crippen LogP contribution in [0.15, 0.2) is 12.1 Å². The Kier molecular flexibility index (Phi) is 3.11. The van der Waals surface area contributed by atoms with E-state index in [-0.39, 0.29) is 0 Å². The smallest absolute Gasteiger partial charge is 0.00203 e. The fraction of sp³-hybridized carbons (Fsp3) is 0.571. The maximum atomic E-state index is 3.50. The van der Waals surface area contributed by atoms with Gasteiger partial charge in [0.1, 0.15) is 0 Å². The summed E-state index contributed by atoms with van der Waals surface area (Å²) in [6.07, 6.45) is 2.66. The summed E-state index contributed by atoms with van der Waals surface area (Å²) in [7, 11) is 0. The molecular weight excluding hydrogens is 182 g/mol. The van der Waals surface area contributed by atoms with E-state index in [4.69, 9.17) is 0 Å². The van der Waals surface area contributed by atoms with Crippen LogP contribution >= 0.6 is 0 Å². The van der Waals surface area contributed by atoms with E-state index in [1.807, 2.05) is 0 Å². The molecule has 15 heavy (non-hydrogen) atoms. The SMILES string of the molecule is Cc1cc(C)c([C@H]2CCCNC2)c(C)c1. The van der Waals surface area contributed by atoms with Crippen molar-refractivity contribution in [3.05, 3.63) is 34.4 Å². The number of hydrogen-bond donors (Lipinski definition) is 1. The molecular formula is C14H21N. The zero-order chi connectivity index (χ0) is 10.8. The first-order valence-corrected chi connectivity index (χ1v) is 5.97. The summed E-state index contributed by atoms with van der Waals surface area (Å²) in [5.74, 6) is 0.736. The fourth-order valence-electron chi connectivity index (χ4n) is 2.93. The van der Waals surface area contributed by atoms with Crippen molar-refractivity contribution in [3.63, 3.8) is 0 Å². The first-order chi connectivity index (χ1) is 7.18. The van der Waals surface area contributed by atoms with Gasteiger partial charge in [-0.25, -0.2) is 0 Å². The van der Waals surface area contributed by atoms with Crippen molar-refractivity contribution in [1.29, 1.82) is 0 Å². The molecule has 1 aliphatic rings. The van der Waals surface area contributed by atoms with E-state index in [1.165, 1.54) is 36.1 Å². The molecule has 1 heteroatoms. The second-order valence-electron chi connectivity index (χ2n) is 4.86. The molecule has 0 aliphatic carbocycles. The Balaban J connectivity index is 2.33. The number of hydrogen-bond acceptors (Lipinski definition) is 1. The van der Waals surface area contributed by atoms with Gasteiger partial charge >= 0.3 is 0 Å². The summed E-state index contributed by atoms with van der Waals surface area (Å²) in [6, 6.07) is 4.63. The summed E-state index contributed by atoms with van der Waals surface area (Å²) >= 11 is 0. The van der Waals surface area contributed by atoms with Crippen molar-refractivity contribution < 1.29 is 0 Å². The number of aryl methyl sites for hydroxylation is 3. The van der Waals surface area contributed by atoms with Crippen molar-refractivity contribution in [2.24, 2.45) is 0 Å². The second-order valence-corrected chi connectivity index (χ2v) is 4.86. The van der Waals surface area contributed by atoms with E-state index >= 15 is 0 Å². The summed E-state index contributed by atoms with van der Waals surface area (Å²) in [5, 5.41) is 3.50. The second kappa shape index (κ2) is 4.36. The Bertz CT molecular complexity index is 325. The van der Waals surface area contributed by atoms with Gasteiger partial charge in [0.25, 0.3) is 0 Å². The number of benzene rings is 1. The van der Waals surface area contributed by atoms with Crippen molar-refractivity contribution in [2.45, 2.75) is 39.5 Å². The Morgan fingerprint density at radius 1 is 1.13 bits per heavy atom. The number of rotatable bonds is 1. The van der Waals surface area contributed by atoms with Crippen molar-refractivity contribution in [1.82, 2.24) is 5.32 Å². The van der Waals surface area contributed by atoms with Crippen LogP contribution in [0.25, 0.3) is 0 Å². The van der Waals surface area contributed by atoms with Crippen LogP contribution < -0.4 is 5.32 Å². The molecule has 1 fully saturated rings. The average Bonchev–Trinajstić information content (AvgIpc) is 2.17. The van der Waals surface area contributed by atoms with Gasteiger partial charge in [-0.05, 0) is 62.8 Å². The molecule has 0 spiro atoms. The largest absolute Gasteiger partial charge is 0.316 e. The van der Waals surface area contributed by atoms with Crippen molar-refractivity contribution >= 4 is 0 Å². The molecule has 1 aromatic carbocycles. The van der Waals surface area contributed by atoms with Gasteiger partial charge in [-0.15, -0.1) is 0 Å². The van der Waals surface area contributed by atoms with E-state index in [0.717, 1.165) is 12.5 Å². The molecule has 0 amide bonds. The Labute approximate surface area is 92.9 Å². The molecule has 0 saturated carbocycles. The lowest BCUT2D eigenvalue weighted by atomic mass is 9.85. The van der Waals surface area contributed by atoms with Crippen molar-refractivity contribution in [2.75, 3.05) is 13.1 Å². The van der Waals surface area contributed by atoms with E-state index < -0.39 is 0 Å². The van der Waals surface area contributed by atoms with Gasteiger partial charge in [-0.2, -0.15) is 0 Å². The van der Waals surface area contributed by atoms with Crippen LogP contribution in [0.1, 0.15) is 41.0 Å². The summed E-state index contributed by atoms with van der Waals surface area (Å²) in [5.41, 5.74) is 5.92. The van der Waals surface area contributed by atoms with Crippen LogP contribution in [0.2, 0.25) is 0 Å². The Morgan fingerprint density at radius 2 is 1.80 bits per heavy atom. The molecule has 1 atom stereocenters. The topological polar surface area (TPSA) is 12.0 Å². The normalized spacial score (nSPS) is 21.7. The van der Waals surface area contributed by atoms with Gasteiger partial charge in [0.05, 0.1) is 0 Å². The number of piperidine rings is 1. The highest BCUT2D eigenvalue weighted by Crippen LogP contribution is 2.29. The monoisotopic (exact) mass is 203 g/mol. The lowest BCUT2D eigenvalue weighted by Crippen LogP contribution is -2.29. The van der Waals surface area contributed by atoms with Crippen LogP contribution in [-0.4, -0.2) is 13.1 Å². The maximum Gasteiger partial charge on any atom is 0.00203 e. The highest BCUT2D eigenvalue weighted by molar-refractivity contribution is 5.40. The molecule has 1 aliphatic heterocycles. The van der Waals surface area contributed by atoms with Crippen LogP contribution in [-0.2, 0) is 0 Å². The first-order valence-electron chi connectivity index (χ1n) is 5.97. The molecule has 0 aromatic heterocycles. The average molecular weight is 203 g/mol. The zero-order valence-corrected chi connectivity index (χ0v) is 10.1. The highest BCUT2D eigenvalue weighted by atomic mass is 14.9. The van der Waals surface area contributed by atoms with Gasteiger partial charge in [-0.3, -0.25) is 0 Å². The van der Waals surface area contributed by atoms with E-state index in [9.17, 15) is 0 Å². The molecule has 82 valence electrons. The van der Waals surface area contributed by atoms with Gasteiger partial charge in [0.2, 0.25) is 0 Å². The van der Waals surface area contributed by atoms with Gasteiger partial charge in [0, 0.05) is 6.54 Å². The molecule has 1 aromatic rings. The highest BCUT2D eigenvalue weighted by Gasteiger charge is 2.18. The first kappa shape index (κ1) is 10.7. The fourth-order valence-corrected chi connectivity index (χ4v) is 2.93.